The van der Waals surface area contributed by atoms with Crippen molar-refractivity contribution >= 4 is 5.82 Å². The molecule has 3 rings (SSSR count). The lowest BCUT2D eigenvalue weighted by molar-refractivity contribution is -0.374. The molecule has 0 atom stereocenters. The molecule has 1 aromatic heterocycles. The molecule has 0 unspecified atom stereocenters. The number of anilines is 1. The molecule has 2 nitrogen and oxygen atoms in total. The highest BCUT2D eigenvalue weighted by Gasteiger charge is 2.23. The van der Waals surface area contributed by atoms with Crippen molar-refractivity contribution in [3.8, 4) is 0 Å². The van der Waals surface area contributed by atoms with E-state index in [0.717, 1.165) is 5.82 Å². The Kier molecular flexibility index (Phi) is 3.04. The monoisotopic (exact) mass is 231 g/mol. The second kappa shape index (κ2) is 4.67. The fraction of sp³-hybridized carbons (Fsp3) is 0.667. The van der Waals surface area contributed by atoms with Gasteiger partial charge in [0.1, 0.15) is 5.69 Å². The van der Waals surface area contributed by atoms with Crippen LogP contribution in [0.2, 0.25) is 0 Å². The quantitative estimate of drug-likeness (QED) is 0.685. The molecule has 0 spiro atoms. The molecule has 0 amide bonds. The summed E-state index contributed by atoms with van der Waals surface area (Å²) in [6.45, 7) is 0. The first-order valence-electron chi connectivity index (χ1n) is 7.20. The molecule has 92 valence electrons. The van der Waals surface area contributed by atoms with Gasteiger partial charge in [-0.2, -0.15) is 0 Å². The number of nitrogens with one attached hydrogen (secondary N) is 1. The van der Waals surface area contributed by atoms with E-state index in [-0.39, 0.29) is 0 Å². The summed E-state index contributed by atoms with van der Waals surface area (Å²) < 4.78 is 0. The highest BCUT2D eigenvalue weighted by Crippen LogP contribution is 2.30. The highest BCUT2D eigenvalue weighted by atomic mass is 14.9. The second-order valence-corrected chi connectivity index (χ2v) is 5.57. The van der Waals surface area contributed by atoms with Gasteiger partial charge in [-0.15, -0.1) is 0 Å². The zero-order valence-electron chi connectivity index (χ0n) is 10.6. The van der Waals surface area contributed by atoms with E-state index >= 15 is 0 Å². The Bertz CT molecular complexity index is 423. The van der Waals surface area contributed by atoms with Crippen molar-refractivity contribution in [3.05, 3.63) is 22.4 Å². The molecular weight excluding hydrogens is 208 g/mol. The largest absolute Gasteiger partial charge is 0.287 e. The molecule has 2 aliphatic carbocycles. The van der Waals surface area contributed by atoms with Gasteiger partial charge in [-0.25, -0.2) is 4.98 Å². The fourth-order valence-electron chi connectivity index (χ4n) is 3.50. The third-order valence-electron chi connectivity index (χ3n) is 4.41. The lowest BCUT2D eigenvalue weighted by Crippen LogP contribution is -2.23. The number of hydrogen-bond donors (Lipinski definition) is 1. The van der Waals surface area contributed by atoms with Gasteiger partial charge in [-0.3, -0.25) is 5.73 Å². The Morgan fingerprint density at radius 1 is 0.647 bits per heavy atom. The summed E-state index contributed by atoms with van der Waals surface area (Å²) in [6.07, 6.45) is 13.0. The van der Waals surface area contributed by atoms with Gasteiger partial charge in [0.15, 0.2) is 0 Å². The first-order valence-corrected chi connectivity index (χ1v) is 7.20. The van der Waals surface area contributed by atoms with E-state index in [1.165, 1.54) is 75.5 Å². The Balaban J connectivity index is 2.12. The molecule has 17 heavy (non-hydrogen) atoms. The summed E-state index contributed by atoms with van der Waals surface area (Å²) in [6, 6.07) is 0. The molecule has 1 heterocycles. The zero-order valence-corrected chi connectivity index (χ0v) is 10.6. The minimum Gasteiger partial charge on any atom is -0.287 e. The van der Waals surface area contributed by atoms with Crippen LogP contribution in [0, 0.1) is 0 Å². The average molecular weight is 231 g/mol. The predicted octanol–water partition coefficient (Wildman–Crippen LogP) is 2.62. The van der Waals surface area contributed by atoms with Crippen LogP contribution in [-0.4, -0.2) is 0 Å². The van der Waals surface area contributed by atoms with Crippen LogP contribution in [0.15, 0.2) is 0 Å². The van der Waals surface area contributed by atoms with Crippen LogP contribution >= 0.6 is 0 Å². The maximum atomic E-state index is 6.23. The Labute approximate surface area is 104 Å². The Hall–Kier alpha value is -1.05. The molecule has 0 bridgehead atoms. The van der Waals surface area contributed by atoms with Crippen LogP contribution in [0.3, 0.4) is 0 Å². The SMILES string of the molecule is Nc1[nH+]c2c(c3c1CCCCC3)CCCCC2. The van der Waals surface area contributed by atoms with Gasteiger partial charge in [-0.1, -0.05) is 12.8 Å². The average Bonchev–Trinajstić information content (AvgIpc) is 2.68. The van der Waals surface area contributed by atoms with E-state index in [4.69, 9.17) is 5.73 Å². The number of nitrogen functional groups attached to an aromatic ring is 1. The van der Waals surface area contributed by atoms with E-state index in [0.29, 0.717) is 0 Å². The Morgan fingerprint density at radius 2 is 1.24 bits per heavy atom. The molecule has 0 aliphatic heterocycles. The standard InChI is InChI=1S/C15H22N2/c16-15-13-9-5-1-3-7-11(13)12-8-4-2-6-10-14(12)17-15/h1-10H2,(H2,16,17)/p+1. The van der Waals surface area contributed by atoms with Crippen LogP contribution in [0.5, 0.6) is 0 Å². The van der Waals surface area contributed by atoms with Crippen molar-refractivity contribution in [2.24, 2.45) is 0 Å². The lowest BCUT2D eigenvalue weighted by atomic mass is 9.94. The normalized spacial score (nSPS) is 20.0. The summed E-state index contributed by atoms with van der Waals surface area (Å²) in [5.41, 5.74) is 12.4. The number of nitrogens with two attached hydrogens (primary N) is 1. The van der Waals surface area contributed by atoms with E-state index in [2.05, 4.69) is 4.98 Å². The minimum absolute atomic E-state index is 0.961. The van der Waals surface area contributed by atoms with Gasteiger partial charge in [0.2, 0.25) is 0 Å². The van der Waals surface area contributed by atoms with Gasteiger partial charge in [0.05, 0.1) is 0 Å². The number of fused-ring (bicyclic) bond motifs is 3. The van der Waals surface area contributed by atoms with E-state index in [1.807, 2.05) is 0 Å². The lowest BCUT2D eigenvalue weighted by Gasteiger charge is -2.13. The van der Waals surface area contributed by atoms with Crippen LogP contribution in [0.4, 0.5) is 5.82 Å². The molecule has 2 aliphatic rings. The topological polar surface area (TPSA) is 40.2 Å². The molecule has 0 aromatic carbocycles. The zero-order chi connectivity index (χ0) is 11.7. The first-order chi connectivity index (χ1) is 8.36. The van der Waals surface area contributed by atoms with Crippen molar-refractivity contribution in [1.29, 1.82) is 0 Å². The first kappa shape index (κ1) is 11.1. The van der Waals surface area contributed by atoms with Crippen LogP contribution < -0.4 is 10.7 Å². The smallest absolute Gasteiger partial charge is 0.273 e. The van der Waals surface area contributed by atoms with Crippen LogP contribution in [0.25, 0.3) is 0 Å². The summed E-state index contributed by atoms with van der Waals surface area (Å²) in [4.78, 5) is 3.50. The molecule has 2 heteroatoms. The predicted molar refractivity (Wildman–Crippen MR) is 69.9 cm³/mol. The van der Waals surface area contributed by atoms with Crippen molar-refractivity contribution in [1.82, 2.24) is 0 Å². The number of H-pyrrole nitrogens is 1. The van der Waals surface area contributed by atoms with Crippen molar-refractivity contribution in [2.75, 3.05) is 5.73 Å². The van der Waals surface area contributed by atoms with Crippen molar-refractivity contribution in [2.45, 2.75) is 64.2 Å². The Morgan fingerprint density at radius 3 is 2.00 bits per heavy atom. The highest BCUT2D eigenvalue weighted by molar-refractivity contribution is 5.47. The number of aromatic nitrogens is 1. The summed E-state index contributed by atoms with van der Waals surface area (Å²) >= 11 is 0. The number of rotatable bonds is 0. The van der Waals surface area contributed by atoms with Gasteiger partial charge in [0.25, 0.3) is 5.82 Å². The van der Waals surface area contributed by atoms with Gasteiger partial charge >= 0.3 is 0 Å². The van der Waals surface area contributed by atoms with E-state index in [1.54, 1.807) is 11.1 Å². The third kappa shape index (κ3) is 2.05. The molecule has 0 radical (unpaired) electrons. The van der Waals surface area contributed by atoms with Gasteiger partial charge in [-0.05, 0) is 56.1 Å². The van der Waals surface area contributed by atoms with Gasteiger partial charge < -0.3 is 0 Å². The van der Waals surface area contributed by atoms with Crippen molar-refractivity contribution < 1.29 is 4.98 Å². The molecule has 0 saturated carbocycles. The third-order valence-corrected chi connectivity index (χ3v) is 4.41. The second-order valence-electron chi connectivity index (χ2n) is 5.57. The molecular formula is C15H23N2+. The number of aromatic amines is 1. The van der Waals surface area contributed by atoms with Gasteiger partial charge in [0, 0.05) is 12.0 Å². The minimum atomic E-state index is 0.961. The molecule has 1 aromatic rings. The van der Waals surface area contributed by atoms with Crippen LogP contribution in [0.1, 0.15) is 60.9 Å². The molecule has 0 fully saturated rings. The fourth-order valence-corrected chi connectivity index (χ4v) is 3.50. The maximum absolute atomic E-state index is 6.23. The summed E-state index contributed by atoms with van der Waals surface area (Å²) in [7, 11) is 0. The van der Waals surface area contributed by atoms with Crippen molar-refractivity contribution in [3.63, 3.8) is 0 Å². The van der Waals surface area contributed by atoms with E-state index in [9.17, 15) is 0 Å². The maximum Gasteiger partial charge on any atom is 0.273 e. The number of aryl methyl sites for hydroxylation is 1. The molecule has 3 N–H and O–H groups in total. The van der Waals surface area contributed by atoms with E-state index < -0.39 is 0 Å². The number of hydrogen-bond acceptors (Lipinski definition) is 1. The summed E-state index contributed by atoms with van der Waals surface area (Å²) in [5, 5.41) is 0. The van der Waals surface area contributed by atoms with Crippen LogP contribution in [-0.2, 0) is 25.7 Å². The number of pyridine rings is 1. The summed E-state index contributed by atoms with van der Waals surface area (Å²) in [5.74, 6) is 0.961. The molecule has 0 saturated heterocycles.